The Labute approximate surface area is 117 Å². The van der Waals surface area contributed by atoms with Crippen LogP contribution in [0.1, 0.15) is 24.2 Å². The third-order valence-corrected chi connectivity index (χ3v) is 3.29. The highest BCUT2D eigenvalue weighted by Gasteiger charge is 2.24. The molecule has 1 atom stereocenters. The molecule has 110 valence electrons. The topological polar surface area (TPSA) is 64.8 Å². The molecule has 1 heterocycles. The lowest BCUT2D eigenvalue weighted by atomic mass is 10.1. The van der Waals surface area contributed by atoms with Crippen LogP contribution in [0.4, 0.5) is 15.8 Å². The highest BCUT2D eigenvalue weighted by molar-refractivity contribution is 5.96. The Hall–Kier alpha value is -1.82. The first kappa shape index (κ1) is 14.6. The van der Waals surface area contributed by atoms with Gasteiger partial charge in [-0.25, -0.2) is 9.18 Å². The number of anilines is 2. The maximum absolute atomic E-state index is 14.1. The quantitative estimate of drug-likeness (QED) is 0.676. The summed E-state index contributed by atoms with van der Waals surface area (Å²) in [6.07, 6.45) is 0. The number of halogens is 1. The molecule has 0 spiro atoms. The Balaban J connectivity index is 2.37. The summed E-state index contributed by atoms with van der Waals surface area (Å²) in [5, 5.41) is 0. The molecule has 1 fully saturated rings. The van der Waals surface area contributed by atoms with Crippen molar-refractivity contribution < 1.29 is 18.7 Å². The molecule has 20 heavy (non-hydrogen) atoms. The molecule has 6 heteroatoms. The first-order valence-corrected chi connectivity index (χ1v) is 6.65. The van der Waals surface area contributed by atoms with Crippen LogP contribution in [-0.4, -0.2) is 38.4 Å². The van der Waals surface area contributed by atoms with E-state index in [9.17, 15) is 9.18 Å². The van der Waals surface area contributed by atoms with Gasteiger partial charge in [0, 0.05) is 18.3 Å². The van der Waals surface area contributed by atoms with Gasteiger partial charge in [0.15, 0.2) is 0 Å². The molecule has 1 saturated heterocycles. The van der Waals surface area contributed by atoms with E-state index in [1.54, 1.807) is 6.92 Å². The largest absolute Gasteiger partial charge is 0.462 e. The Morgan fingerprint density at radius 3 is 3.00 bits per heavy atom. The summed E-state index contributed by atoms with van der Waals surface area (Å²) < 4.78 is 24.4. The Morgan fingerprint density at radius 1 is 1.60 bits per heavy atom. The third kappa shape index (κ3) is 2.85. The third-order valence-electron chi connectivity index (χ3n) is 3.29. The Bertz CT molecular complexity index is 507. The SMILES string of the molecule is CCOC(=O)c1cc(N2CCOCC2C)c(F)cc1N. The molecule has 0 radical (unpaired) electrons. The van der Waals surface area contributed by atoms with Gasteiger partial charge < -0.3 is 20.1 Å². The lowest BCUT2D eigenvalue weighted by Gasteiger charge is -2.35. The van der Waals surface area contributed by atoms with Crippen LogP contribution in [0.3, 0.4) is 0 Å². The van der Waals surface area contributed by atoms with Crippen molar-refractivity contribution in [1.29, 1.82) is 0 Å². The van der Waals surface area contributed by atoms with E-state index in [-0.39, 0.29) is 23.9 Å². The van der Waals surface area contributed by atoms with Gasteiger partial charge in [-0.2, -0.15) is 0 Å². The number of nitrogens with two attached hydrogens (primary N) is 1. The predicted molar refractivity (Wildman–Crippen MR) is 74.4 cm³/mol. The van der Waals surface area contributed by atoms with Crippen LogP contribution in [0.25, 0.3) is 0 Å². The zero-order valence-corrected chi connectivity index (χ0v) is 11.7. The summed E-state index contributed by atoms with van der Waals surface area (Å²) in [5.41, 5.74) is 6.35. The zero-order valence-electron chi connectivity index (χ0n) is 11.7. The van der Waals surface area contributed by atoms with Gasteiger partial charge in [-0.15, -0.1) is 0 Å². The molecule has 0 aliphatic carbocycles. The van der Waals surface area contributed by atoms with Crippen LogP contribution in [0.5, 0.6) is 0 Å². The van der Waals surface area contributed by atoms with E-state index >= 15 is 0 Å². The molecule has 2 N–H and O–H groups in total. The number of carbonyl (C=O) groups is 1. The molecule has 0 bridgehead atoms. The molecule has 1 aromatic rings. The van der Waals surface area contributed by atoms with Crippen LogP contribution in [-0.2, 0) is 9.47 Å². The van der Waals surface area contributed by atoms with Crippen molar-refractivity contribution in [3.8, 4) is 0 Å². The van der Waals surface area contributed by atoms with Crippen molar-refractivity contribution in [1.82, 2.24) is 0 Å². The van der Waals surface area contributed by atoms with Crippen LogP contribution < -0.4 is 10.6 Å². The molecule has 1 unspecified atom stereocenters. The monoisotopic (exact) mass is 282 g/mol. The molecular formula is C14H19FN2O3. The fourth-order valence-electron chi connectivity index (χ4n) is 2.27. The maximum atomic E-state index is 14.1. The van der Waals surface area contributed by atoms with Crippen molar-refractivity contribution in [2.24, 2.45) is 0 Å². The zero-order chi connectivity index (χ0) is 14.7. The summed E-state index contributed by atoms with van der Waals surface area (Å²) in [5.74, 6) is -0.975. The van der Waals surface area contributed by atoms with E-state index < -0.39 is 11.8 Å². The fraction of sp³-hybridized carbons (Fsp3) is 0.500. The van der Waals surface area contributed by atoms with E-state index in [4.69, 9.17) is 15.2 Å². The number of nitrogen functional groups attached to an aromatic ring is 1. The van der Waals surface area contributed by atoms with E-state index in [1.807, 2.05) is 11.8 Å². The van der Waals surface area contributed by atoms with Crippen LogP contribution in [0.15, 0.2) is 12.1 Å². The Morgan fingerprint density at radius 2 is 2.35 bits per heavy atom. The van der Waals surface area contributed by atoms with Gasteiger partial charge in [0.05, 0.1) is 31.1 Å². The number of nitrogens with zero attached hydrogens (tertiary/aromatic N) is 1. The summed E-state index contributed by atoms with van der Waals surface area (Å²) in [4.78, 5) is 13.7. The molecule has 0 amide bonds. The van der Waals surface area contributed by atoms with E-state index in [2.05, 4.69) is 0 Å². The second-order valence-electron chi connectivity index (χ2n) is 4.73. The van der Waals surface area contributed by atoms with Crippen LogP contribution >= 0.6 is 0 Å². The first-order valence-electron chi connectivity index (χ1n) is 6.65. The molecular weight excluding hydrogens is 263 g/mol. The van der Waals surface area contributed by atoms with E-state index in [0.29, 0.717) is 25.4 Å². The van der Waals surface area contributed by atoms with Gasteiger partial charge in [0.25, 0.3) is 0 Å². The van der Waals surface area contributed by atoms with Gasteiger partial charge in [-0.1, -0.05) is 0 Å². The molecule has 0 aromatic heterocycles. The number of hydrogen-bond acceptors (Lipinski definition) is 5. The lowest BCUT2D eigenvalue weighted by molar-refractivity contribution is 0.0527. The van der Waals surface area contributed by atoms with Crippen LogP contribution in [0, 0.1) is 5.82 Å². The molecule has 1 aliphatic heterocycles. The maximum Gasteiger partial charge on any atom is 0.340 e. The van der Waals surface area contributed by atoms with E-state index in [1.165, 1.54) is 12.1 Å². The van der Waals surface area contributed by atoms with Crippen molar-refractivity contribution in [3.63, 3.8) is 0 Å². The first-order chi connectivity index (χ1) is 9.54. The van der Waals surface area contributed by atoms with Crippen molar-refractivity contribution in [3.05, 3.63) is 23.5 Å². The molecule has 1 aromatic carbocycles. The van der Waals surface area contributed by atoms with Gasteiger partial charge in [-0.05, 0) is 26.0 Å². The van der Waals surface area contributed by atoms with Crippen LogP contribution in [0.2, 0.25) is 0 Å². The number of esters is 1. The fourth-order valence-corrected chi connectivity index (χ4v) is 2.27. The van der Waals surface area contributed by atoms with Gasteiger partial charge in [-0.3, -0.25) is 0 Å². The number of benzene rings is 1. The number of hydrogen-bond donors (Lipinski definition) is 1. The summed E-state index contributed by atoms with van der Waals surface area (Å²) in [7, 11) is 0. The van der Waals surface area contributed by atoms with Gasteiger partial charge in [0.1, 0.15) is 5.82 Å². The number of carbonyl (C=O) groups excluding carboxylic acids is 1. The summed E-state index contributed by atoms with van der Waals surface area (Å²) in [6.45, 7) is 5.53. The average Bonchev–Trinajstić information content (AvgIpc) is 2.40. The number of ether oxygens (including phenoxy) is 2. The minimum absolute atomic E-state index is 0.0388. The second kappa shape index (κ2) is 6.09. The average molecular weight is 282 g/mol. The molecule has 5 nitrogen and oxygen atoms in total. The van der Waals surface area contributed by atoms with Crippen molar-refractivity contribution in [2.75, 3.05) is 37.0 Å². The molecule has 0 saturated carbocycles. The highest BCUT2D eigenvalue weighted by Crippen LogP contribution is 2.28. The normalized spacial score (nSPS) is 18.9. The van der Waals surface area contributed by atoms with E-state index in [0.717, 1.165) is 0 Å². The number of morpholine rings is 1. The summed E-state index contributed by atoms with van der Waals surface area (Å²) >= 11 is 0. The minimum Gasteiger partial charge on any atom is -0.462 e. The second-order valence-corrected chi connectivity index (χ2v) is 4.73. The standard InChI is InChI=1S/C14H19FN2O3/c1-3-20-14(18)10-6-13(11(15)7-12(10)16)17-4-5-19-8-9(17)2/h6-7,9H,3-5,8,16H2,1-2H3. The molecule has 1 aliphatic rings. The summed E-state index contributed by atoms with van der Waals surface area (Å²) in [6, 6.07) is 2.67. The smallest absolute Gasteiger partial charge is 0.340 e. The van der Waals surface area contributed by atoms with Crippen molar-refractivity contribution >= 4 is 17.3 Å². The number of rotatable bonds is 3. The predicted octanol–water partition coefficient (Wildman–Crippen LogP) is 1.81. The minimum atomic E-state index is -0.535. The van der Waals surface area contributed by atoms with Crippen molar-refractivity contribution in [2.45, 2.75) is 19.9 Å². The molecule has 2 rings (SSSR count). The highest BCUT2D eigenvalue weighted by atomic mass is 19.1. The lowest BCUT2D eigenvalue weighted by Crippen LogP contribution is -2.44. The van der Waals surface area contributed by atoms with Gasteiger partial charge in [0.2, 0.25) is 0 Å². The Kier molecular flexibility index (Phi) is 4.44. The van der Waals surface area contributed by atoms with Gasteiger partial charge >= 0.3 is 5.97 Å².